The van der Waals surface area contributed by atoms with Gasteiger partial charge in [-0.2, -0.15) is 0 Å². The van der Waals surface area contributed by atoms with Gasteiger partial charge < -0.3 is 8.85 Å². The molecule has 2 fully saturated rings. The van der Waals surface area contributed by atoms with Crippen LogP contribution in [0.3, 0.4) is 0 Å². The topological polar surface area (TPSA) is 18.5 Å². The number of hydrogen-bond acceptors (Lipinski definition) is 2. The van der Waals surface area contributed by atoms with Crippen molar-refractivity contribution < 1.29 is 8.85 Å². The van der Waals surface area contributed by atoms with E-state index in [2.05, 4.69) is 13.8 Å². The van der Waals surface area contributed by atoms with E-state index in [-0.39, 0.29) is 0 Å². The first kappa shape index (κ1) is 13.6. The lowest BCUT2D eigenvalue weighted by Gasteiger charge is -2.32. The molecule has 0 aromatic heterocycles. The van der Waals surface area contributed by atoms with E-state index in [4.69, 9.17) is 8.85 Å². The van der Waals surface area contributed by atoms with Crippen molar-refractivity contribution in [2.45, 2.75) is 64.5 Å². The minimum absolute atomic E-state index is 0.839. The first-order valence-corrected chi connectivity index (χ1v) is 9.79. The molecule has 0 aliphatic heterocycles. The zero-order chi connectivity index (χ0) is 12.1. The van der Waals surface area contributed by atoms with Gasteiger partial charge in [-0.3, -0.25) is 0 Å². The van der Waals surface area contributed by atoms with Gasteiger partial charge in [-0.05, 0) is 37.8 Å². The van der Waals surface area contributed by atoms with Crippen LogP contribution in [0.5, 0.6) is 0 Å². The summed E-state index contributed by atoms with van der Waals surface area (Å²) in [4.78, 5) is 0. The molecule has 17 heavy (non-hydrogen) atoms. The molecule has 0 bridgehead atoms. The molecule has 2 rings (SSSR count). The van der Waals surface area contributed by atoms with E-state index in [0.717, 1.165) is 25.0 Å². The third-order valence-corrected chi connectivity index (χ3v) is 8.21. The maximum Gasteiger partial charge on any atom is 0.338 e. The summed E-state index contributed by atoms with van der Waals surface area (Å²) >= 11 is 0. The third kappa shape index (κ3) is 4.07. The summed E-state index contributed by atoms with van der Waals surface area (Å²) in [5, 5.41) is 0. The van der Waals surface area contributed by atoms with Crippen molar-refractivity contribution in [3.63, 3.8) is 0 Å². The third-order valence-electron chi connectivity index (χ3n) is 4.19. The van der Waals surface area contributed by atoms with Crippen molar-refractivity contribution in [3.05, 3.63) is 0 Å². The lowest BCUT2D eigenvalue weighted by molar-refractivity contribution is 0.175. The van der Waals surface area contributed by atoms with Crippen molar-refractivity contribution in [3.8, 4) is 0 Å². The SMILES string of the molecule is CCO[Si](CC1CCCC1)(CC1CC1)OCC. The molecule has 0 radical (unpaired) electrons. The van der Waals surface area contributed by atoms with Gasteiger partial charge in [0, 0.05) is 13.2 Å². The van der Waals surface area contributed by atoms with E-state index in [1.54, 1.807) is 0 Å². The van der Waals surface area contributed by atoms with Crippen LogP contribution < -0.4 is 0 Å². The van der Waals surface area contributed by atoms with E-state index < -0.39 is 8.56 Å². The Bertz CT molecular complexity index is 216. The van der Waals surface area contributed by atoms with Gasteiger partial charge in [0.2, 0.25) is 0 Å². The average molecular weight is 256 g/mol. The normalized spacial score (nSPS) is 22.2. The minimum Gasteiger partial charge on any atom is -0.394 e. The molecule has 0 spiro atoms. The van der Waals surface area contributed by atoms with Gasteiger partial charge in [0.15, 0.2) is 0 Å². The highest BCUT2D eigenvalue weighted by Crippen LogP contribution is 2.42. The highest BCUT2D eigenvalue weighted by Gasteiger charge is 2.44. The Balaban J connectivity index is 1.95. The predicted molar refractivity (Wildman–Crippen MR) is 73.3 cm³/mol. The second-order valence-corrected chi connectivity index (χ2v) is 8.99. The van der Waals surface area contributed by atoms with Crippen molar-refractivity contribution in [2.24, 2.45) is 11.8 Å². The maximum absolute atomic E-state index is 6.20. The molecule has 2 saturated carbocycles. The van der Waals surface area contributed by atoms with Gasteiger partial charge >= 0.3 is 8.56 Å². The molecule has 0 aromatic carbocycles. The van der Waals surface area contributed by atoms with E-state index in [1.807, 2.05) is 0 Å². The van der Waals surface area contributed by atoms with Crippen LogP contribution in [-0.4, -0.2) is 21.8 Å². The van der Waals surface area contributed by atoms with E-state index >= 15 is 0 Å². The van der Waals surface area contributed by atoms with Gasteiger partial charge in [-0.1, -0.05) is 38.5 Å². The average Bonchev–Trinajstić information content (AvgIpc) is 2.94. The Morgan fingerprint density at radius 1 is 0.824 bits per heavy atom. The lowest BCUT2D eigenvalue weighted by Crippen LogP contribution is -2.44. The Kier molecular flexibility index (Phi) is 5.06. The van der Waals surface area contributed by atoms with Crippen LogP contribution in [0.15, 0.2) is 0 Å². The molecular weight excluding hydrogens is 228 g/mol. The van der Waals surface area contributed by atoms with Gasteiger partial charge in [-0.15, -0.1) is 0 Å². The first-order chi connectivity index (χ1) is 8.28. The minimum atomic E-state index is -1.86. The summed E-state index contributed by atoms with van der Waals surface area (Å²) in [7, 11) is -1.86. The zero-order valence-electron chi connectivity index (χ0n) is 11.5. The Morgan fingerprint density at radius 3 is 1.71 bits per heavy atom. The van der Waals surface area contributed by atoms with E-state index in [9.17, 15) is 0 Å². The quantitative estimate of drug-likeness (QED) is 0.609. The lowest BCUT2D eigenvalue weighted by atomic mass is 10.1. The Morgan fingerprint density at radius 2 is 1.29 bits per heavy atom. The maximum atomic E-state index is 6.20. The predicted octanol–water partition coefficient (Wildman–Crippen LogP) is 4.10. The molecule has 100 valence electrons. The molecule has 0 N–H and O–H groups in total. The molecule has 0 atom stereocenters. The molecule has 3 heteroatoms. The summed E-state index contributed by atoms with van der Waals surface area (Å²) in [5.41, 5.74) is 0. The summed E-state index contributed by atoms with van der Waals surface area (Å²) in [6.07, 6.45) is 8.52. The largest absolute Gasteiger partial charge is 0.394 e. The summed E-state index contributed by atoms with van der Waals surface area (Å²) in [5.74, 6) is 1.83. The molecule has 2 nitrogen and oxygen atoms in total. The van der Waals surface area contributed by atoms with Crippen molar-refractivity contribution in [2.75, 3.05) is 13.2 Å². The van der Waals surface area contributed by atoms with Crippen LogP contribution in [0.1, 0.15) is 52.4 Å². The van der Waals surface area contributed by atoms with Gasteiger partial charge in [0.05, 0.1) is 0 Å². The van der Waals surface area contributed by atoms with E-state index in [0.29, 0.717) is 0 Å². The summed E-state index contributed by atoms with van der Waals surface area (Å²) in [6, 6.07) is 2.54. The van der Waals surface area contributed by atoms with Crippen molar-refractivity contribution in [1.29, 1.82) is 0 Å². The van der Waals surface area contributed by atoms with Gasteiger partial charge in [0.1, 0.15) is 0 Å². The second kappa shape index (κ2) is 6.35. The molecule has 0 aromatic rings. The van der Waals surface area contributed by atoms with Crippen LogP contribution in [-0.2, 0) is 8.85 Å². The van der Waals surface area contributed by atoms with Crippen LogP contribution in [0.2, 0.25) is 12.1 Å². The smallest absolute Gasteiger partial charge is 0.338 e. The molecular formula is C14H28O2Si. The molecule has 2 aliphatic rings. The summed E-state index contributed by atoms with van der Waals surface area (Å²) in [6.45, 7) is 5.93. The van der Waals surface area contributed by atoms with Gasteiger partial charge in [0.25, 0.3) is 0 Å². The number of hydrogen-bond donors (Lipinski definition) is 0. The molecule has 0 saturated heterocycles. The first-order valence-electron chi connectivity index (χ1n) is 7.56. The molecule has 0 amide bonds. The van der Waals surface area contributed by atoms with E-state index in [1.165, 1.54) is 50.6 Å². The summed E-state index contributed by atoms with van der Waals surface area (Å²) < 4.78 is 12.4. The van der Waals surface area contributed by atoms with Crippen LogP contribution in [0.25, 0.3) is 0 Å². The molecule has 0 heterocycles. The monoisotopic (exact) mass is 256 g/mol. The van der Waals surface area contributed by atoms with Gasteiger partial charge in [-0.25, -0.2) is 0 Å². The van der Waals surface area contributed by atoms with Crippen LogP contribution in [0, 0.1) is 11.8 Å². The van der Waals surface area contributed by atoms with Crippen molar-refractivity contribution >= 4 is 8.56 Å². The van der Waals surface area contributed by atoms with Crippen LogP contribution >= 0.6 is 0 Å². The Hall–Kier alpha value is 0.137. The fraction of sp³-hybridized carbons (Fsp3) is 1.00. The highest BCUT2D eigenvalue weighted by atomic mass is 28.4. The zero-order valence-corrected chi connectivity index (χ0v) is 12.5. The van der Waals surface area contributed by atoms with Crippen LogP contribution in [0.4, 0.5) is 0 Å². The number of rotatable bonds is 8. The Labute approximate surface area is 107 Å². The van der Waals surface area contributed by atoms with Crippen molar-refractivity contribution in [1.82, 2.24) is 0 Å². The standard InChI is InChI=1S/C14H28O2Si/c1-3-15-17(16-4-2,12-14-9-10-14)11-13-7-5-6-8-13/h13-14H,3-12H2,1-2H3. The second-order valence-electron chi connectivity index (χ2n) is 5.78. The highest BCUT2D eigenvalue weighted by molar-refractivity contribution is 6.67. The molecule has 0 unspecified atom stereocenters. The molecule has 2 aliphatic carbocycles. The fourth-order valence-electron chi connectivity index (χ4n) is 3.30. The fourth-order valence-corrected chi connectivity index (χ4v) is 7.65.